The molecule has 1 aromatic heterocycles. The lowest BCUT2D eigenvalue weighted by atomic mass is 10.1. The number of amides is 1. The number of nitrogens with zero attached hydrogens (tertiary/aromatic N) is 1. The van der Waals surface area contributed by atoms with Gasteiger partial charge in [-0.05, 0) is 34.7 Å². The number of hydrogen-bond donors (Lipinski definition) is 1. The summed E-state index contributed by atoms with van der Waals surface area (Å²) in [5.41, 5.74) is 1.47. The molecular formula is C15H12F3IN2O3S. The number of halogens is 4. The number of rotatable bonds is 6. The summed E-state index contributed by atoms with van der Waals surface area (Å²) in [4.78, 5) is 27.5. The van der Waals surface area contributed by atoms with Crippen LogP contribution in [0.5, 0.6) is 0 Å². The first-order valence-corrected chi connectivity index (χ1v) is 9.34. The molecule has 0 radical (unpaired) electrons. The van der Waals surface area contributed by atoms with Gasteiger partial charge in [-0.2, -0.15) is 13.2 Å². The summed E-state index contributed by atoms with van der Waals surface area (Å²) in [6.07, 6.45) is -5.39. The van der Waals surface area contributed by atoms with E-state index < -0.39 is 31.0 Å². The van der Waals surface area contributed by atoms with Crippen molar-refractivity contribution in [2.45, 2.75) is 12.6 Å². The van der Waals surface area contributed by atoms with Crippen molar-refractivity contribution in [1.82, 2.24) is 10.3 Å². The predicted octanol–water partition coefficient (Wildman–Crippen LogP) is 4.04. The number of ether oxygens (including phenoxy) is 1. The Morgan fingerprint density at radius 3 is 2.52 bits per heavy atom. The van der Waals surface area contributed by atoms with Gasteiger partial charge in [0.2, 0.25) is 5.01 Å². The molecule has 1 heterocycles. The van der Waals surface area contributed by atoms with Gasteiger partial charge < -0.3 is 10.1 Å². The molecule has 0 aliphatic heterocycles. The van der Waals surface area contributed by atoms with Crippen LogP contribution < -0.4 is 5.32 Å². The zero-order chi connectivity index (χ0) is 18.4. The van der Waals surface area contributed by atoms with Crippen molar-refractivity contribution in [3.63, 3.8) is 0 Å². The van der Waals surface area contributed by atoms with E-state index in [1.807, 2.05) is 22.6 Å². The van der Waals surface area contributed by atoms with E-state index >= 15 is 0 Å². The van der Waals surface area contributed by atoms with Crippen molar-refractivity contribution in [1.29, 1.82) is 0 Å². The lowest BCUT2D eigenvalue weighted by Gasteiger charge is -2.08. The predicted molar refractivity (Wildman–Crippen MR) is 94.9 cm³/mol. The molecule has 0 bridgehead atoms. The molecule has 134 valence electrons. The van der Waals surface area contributed by atoms with Crippen LogP contribution in [0.2, 0.25) is 0 Å². The van der Waals surface area contributed by atoms with Crippen LogP contribution in [0.25, 0.3) is 11.3 Å². The number of esters is 1. The lowest BCUT2D eigenvalue weighted by Crippen LogP contribution is -2.27. The number of carbonyl (C=O) groups excluding carboxylic acids is 2. The fraction of sp³-hybridized carbons (Fsp3) is 0.267. The molecule has 5 nitrogen and oxygen atoms in total. The second kappa shape index (κ2) is 8.61. The van der Waals surface area contributed by atoms with Crippen molar-refractivity contribution in [2.75, 3.05) is 11.2 Å². The SMILES string of the molecule is O=C(NCCC(F)(F)F)c1ccc(-c2csc(C(=O)OCI)n2)cc1. The minimum Gasteiger partial charge on any atom is -0.450 e. The third-order valence-corrected chi connectivity index (χ3v) is 4.14. The second-order valence-electron chi connectivity index (χ2n) is 4.78. The number of carbonyl (C=O) groups is 2. The first-order valence-electron chi connectivity index (χ1n) is 6.94. The van der Waals surface area contributed by atoms with Crippen LogP contribution in [-0.4, -0.2) is 34.2 Å². The quantitative estimate of drug-likeness (QED) is 0.382. The molecule has 0 unspecified atom stereocenters. The third kappa shape index (κ3) is 5.96. The van der Waals surface area contributed by atoms with Gasteiger partial charge in [0, 0.05) is 23.1 Å². The molecule has 25 heavy (non-hydrogen) atoms. The average Bonchev–Trinajstić information content (AvgIpc) is 3.04. The highest BCUT2D eigenvalue weighted by molar-refractivity contribution is 14.1. The van der Waals surface area contributed by atoms with Crippen molar-refractivity contribution in [2.24, 2.45) is 0 Å². The largest absolute Gasteiger partial charge is 0.450 e. The first-order chi connectivity index (χ1) is 11.8. The standard InChI is InChI=1S/C15H12F3IN2O3S/c16-15(17,18)5-6-20-12(22)10-3-1-9(2-4-10)11-7-25-13(21-11)14(23)24-8-19/h1-4,7H,5-6,8H2,(H,20,22). The number of aromatic nitrogens is 1. The zero-order valence-corrected chi connectivity index (χ0v) is 15.6. The molecule has 2 rings (SSSR count). The molecule has 10 heteroatoms. The van der Waals surface area contributed by atoms with Gasteiger partial charge in [0.15, 0.2) is 0 Å². The van der Waals surface area contributed by atoms with Crippen LogP contribution in [0.1, 0.15) is 26.6 Å². The normalized spacial score (nSPS) is 11.2. The molecular weight excluding hydrogens is 472 g/mol. The summed E-state index contributed by atoms with van der Waals surface area (Å²) in [6.45, 7) is -0.474. The average molecular weight is 484 g/mol. The third-order valence-electron chi connectivity index (χ3n) is 3.00. The van der Waals surface area contributed by atoms with Gasteiger partial charge >= 0.3 is 12.1 Å². The monoisotopic (exact) mass is 484 g/mol. The molecule has 0 aliphatic rings. The minimum absolute atomic E-state index is 0.223. The molecule has 1 amide bonds. The highest BCUT2D eigenvalue weighted by Crippen LogP contribution is 2.23. The summed E-state index contributed by atoms with van der Waals surface area (Å²) in [5.74, 6) is -1.09. The number of benzene rings is 1. The van der Waals surface area contributed by atoms with Crippen molar-refractivity contribution >= 4 is 45.8 Å². The van der Waals surface area contributed by atoms with Gasteiger partial charge in [-0.3, -0.25) is 4.79 Å². The molecule has 0 saturated heterocycles. The maximum atomic E-state index is 12.1. The lowest BCUT2D eigenvalue weighted by molar-refractivity contribution is -0.133. The molecule has 1 N–H and O–H groups in total. The van der Waals surface area contributed by atoms with Gasteiger partial charge in [-0.15, -0.1) is 11.3 Å². The second-order valence-corrected chi connectivity index (χ2v) is 6.26. The van der Waals surface area contributed by atoms with Crippen LogP contribution in [-0.2, 0) is 4.74 Å². The highest BCUT2D eigenvalue weighted by Gasteiger charge is 2.26. The molecule has 0 atom stereocenters. The van der Waals surface area contributed by atoms with Crippen LogP contribution in [0, 0.1) is 0 Å². The van der Waals surface area contributed by atoms with E-state index in [2.05, 4.69) is 10.3 Å². The highest BCUT2D eigenvalue weighted by atomic mass is 127. The number of alkyl halides is 4. The number of thiazole rings is 1. The maximum absolute atomic E-state index is 12.1. The summed E-state index contributed by atoms with van der Waals surface area (Å²) in [6, 6.07) is 6.20. The van der Waals surface area contributed by atoms with Gasteiger partial charge in [0.25, 0.3) is 5.91 Å². The summed E-state index contributed by atoms with van der Waals surface area (Å²) in [7, 11) is 0. The van der Waals surface area contributed by atoms with Crippen molar-refractivity contribution < 1.29 is 27.5 Å². The van der Waals surface area contributed by atoms with E-state index in [1.54, 1.807) is 17.5 Å². The van der Waals surface area contributed by atoms with E-state index in [9.17, 15) is 22.8 Å². The molecule has 0 saturated carbocycles. The van der Waals surface area contributed by atoms with Crippen LogP contribution >= 0.6 is 33.9 Å². The number of hydrogen-bond acceptors (Lipinski definition) is 5. The van der Waals surface area contributed by atoms with E-state index in [4.69, 9.17) is 4.74 Å². The Balaban J connectivity index is 2.00. The molecule has 0 aliphatic carbocycles. The Bertz CT molecular complexity index is 747. The molecule has 1 aromatic carbocycles. The topological polar surface area (TPSA) is 68.3 Å². The summed E-state index contributed by atoms with van der Waals surface area (Å²) >= 11 is 3.05. The van der Waals surface area contributed by atoms with Crippen LogP contribution in [0.4, 0.5) is 13.2 Å². The van der Waals surface area contributed by atoms with Gasteiger partial charge in [0.1, 0.15) is 4.61 Å². The van der Waals surface area contributed by atoms with E-state index in [-0.39, 0.29) is 15.2 Å². The molecule has 2 aromatic rings. The maximum Gasteiger partial charge on any atom is 0.390 e. The van der Waals surface area contributed by atoms with Gasteiger partial charge in [-0.25, -0.2) is 9.78 Å². The van der Waals surface area contributed by atoms with Crippen molar-refractivity contribution in [3.8, 4) is 11.3 Å². The molecule has 0 fully saturated rings. The summed E-state index contributed by atoms with van der Waals surface area (Å²) < 4.78 is 41.3. The Morgan fingerprint density at radius 1 is 1.24 bits per heavy atom. The Morgan fingerprint density at radius 2 is 1.92 bits per heavy atom. The molecule has 0 spiro atoms. The first kappa shape index (κ1) is 19.6. The Kier molecular flexibility index (Phi) is 6.76. The number of nitrogens with one attached hydrogen (secondary N) is 1. The van der Waals surface area contributed by atoms with E-state index in [1.165, 1.54) is 12.1 Å². The Labute approximate surface area is 158 Å². The van der Waals surface area contributed by atoms with Crippen LogP contribution in [0.3, 0.4) is 0 Å². The van der Waals surface area contributed by atoms with Crippen molar-refractivity contribution in [3.05, 3.63) is 40.2 Å². The zero-order valence-electron chi connectivity index (χ0n) is 12.6. The fourth-order valence-corrected chi connectivity index (χ4v) is 2.82. The van der Waals surface area contributed by atoms with Gasteiger partial charge in [-0.1, -0.05) is 12.1 Å². The minimum atomic E-state index is -4.31. The van der Waals surface area contributed by atoms with E-state index in [0.717, 1.165) is 11.3 Å². The van der Waals surface area contributed by atoms with Crippen LogP contribution in [0.15, 0.2) is 29.6 Å². The Hall–Kier alpha value is -1.69. The fourth-order valence-electron chi connectivity index (χ4n) is 1.82. The smallest absolute Gasteiger partial charge is 0.390 e. The van der Waals surface area contributed by atoms with E-state index in [0.29, 0.717) is 11.3 Å². The van der Waals surface area contributed by atoms with Gasteiger partial charge in [0.05, 0.1) is 12.1 Å². The summed E-state index contributed by atoms with van der Waals surface area (Å²) in [5, 5.41) is 4.12.